The van der Waals surface area contributed by atoms with Crippen molar-refractivity contribution < 1.29 is 4.74 Å². The van der Waals surface area contributed by atoms with Crippen molar-refractivity contribution >= 4 is 6.21 Å². The predicted molar refractivity (Wildman–Crippen MR) is 78.8 cm³/mol. The Morgan fingerprint density at radius 1 is 1.05 bits per heavy atom. The molecule has 0 atom stereocenters. The number of rotatable bonds is 4. The predicted octanol–water partition coefficient (Wildman–Crippen LogP) is 3.89. The quantitative estimate of drug-likeness (QED) is 0.511. The summed E-state index contributed by atoms with van der Waals surface area (Å²) in [4.78, 5) is 0. The molecule has 2 N–H and O–H groups in total. The number of nitrogens with two attached hydrogens (primary N) is 1. The maximum Gasteiger partial charge on any atom is 0.136 e. The molecule has 0 bridgehead atoms. The highest BCUT2D eigenvalue weighted by Gasteiger charge is 2.03. The third-order valence-corrected chi connectivity index (χ3v) is 2.91. The van der Waals surface area contributed by atoms with Crippen LogP contribution in [0, 0.1) is 0 Å². The molecular weight excluding hydrogens is 236 g/mol. The molecule has 3 nitrogen and oxygen atoms in total. The summed E-state index contributed by atoms with van der Waals surface area (Å²) < 4.78 is 5.85. The number of ether oxygens (including phenoxy) is 1. The van der Waals surface area contributed by atoms with E-state index in [9.17, 15) is 0 Å². The zero-order valence-electron chi connectivity index (χ0n) is 11.2. The Labute approximate surface area is 113 Å². The largest absolute Gasteiger partial charge is 0.457 e. The summed E-state index contributed by atoms with van der Waals surface area (Å²) in [5.74, 6) is 7.26. The molecule has 2 rings (SSSR count). The Morgan fingerprint density at radius 3 is 2.37 bits per heavy atom. The zero-order chi connectivity index (χ0) is 13.7. The third kappa shape index (κ3) is 3.35. The summed E-state index contributed by atoms with van der Waals surface area (Å²) in [7, 11) is 0. The van der Waals surface area contributed by atoms with Gasteiger partial charge in [0.15, 0.2) is 0 Å². The highest BCUT2D eigenvalue weighted by Crippen LogP contribution is 2.25. The van der Waals surface area contributed by atoms with Crippen LogP contribution in [-0.2, 0) is 0 Å². The minimum absolute atomic E-state index is 0.519. The van der Waals surface area contributed by atoms with E-state index in [4.69, 9.17) is 10.6 Å². The fraction of sp³-hybridized carbons (Fsp3) is 0.188. The van der Waals surface area contributed by atoms with Crippen LogP contribution in [0.1, 0.15) is 30.9 Å². The summed E-state index contributed by atoms with van der Waals surface area (Å²) in [5, 5.41) is 3.54. The molecule has 0 amide bonds. The first-order valence-corrected chi connectivity index (χ1v) is 6.31. The molecule has 0 aliphatic carbocycles. The van der Waals surface area contributed by atoms with Crippen LogP contribution in [-0.4, -0.2) is 6.21 Å². The van der Waals surface area contributed by atoms with Gasteiger partial charge in [-0.25, -0.2) is 0 Å². The molecule has 98 valence electrons. The monoisotopic (exact) mass is 254 g/mol. The standard InChI is InChI=1S/C16H18N2O/c1-12(2)13-7-9-15(10-8-13)19-16-6-4-3-5-14(16)11-18-17/h3-12H,17H2,1-2H3. The number of hydrazone groups is 1. The molecular formula is C16H18N2O. The van der Waals surface area contributed by atoms with E-state index in [1.165, 1.54) is 5.56 Å². The van der Waals surface area contributed by atoms with Gasteiger partial charge >= 0.3 is 0 Å². The van der Waals surface area contributed by atoms with Crippen molar-refractivity contribution in [2.24, 2.45) is 10.9 Å². The lowest BCUT2D eigenvalue weighted by molar-refractivity contribution is 0.481. The molecule has 2 aromatic carbocycles. The first kappa shape index (κ1) is 13.1. The SMILES string of the molecule is CC(C)c1ccc(Oc2ccccc2C=NN)cc1. The van der Waals surface area contributed by atoms with E-state index in [0.29, 0.717) is 5.92 Å². The minimum Gasteiger partial charge on any atom is -0.457 e. The van der Waals surface area contributed by atoms with E-state index in [1.54, 1.807) is 6.21 Å². The lowest BCUT2D eigenvalue weighted by atomic mass is 10.0. The molecule has 0 saturated heterocycles. The van der Waals surface area contributed by atoms with Gasteiger partial charge in [0.1, 0.15) is 11.5 Å². The molecule has 0 radical (unpaired) electrons. The molecule has 0 unspecified atom stereocenters. The van der Waals surface area contributed by atoms with Gasteiger partial charge in [-0.3, -0.25) is 0 Å². The third-order valence-electron chi connectivity index (χ3n) is 2.91. The Morgan fingerprint density at radius 2 is 1.74 bits per heavy atom. The van der Waals surface area contributed by atoms with Crippen LogP contribution in [0.5, 0.6) is 11.5 Å². The lowest BCUT2D eigenvalue weighted by Gasteiger charge is -2.10. The summed E-state index contributed by atoms with van der Waals surface area (Å²) in [6.45, 7) is 4.34. The van der Waals surface area contributed by atoms with E-state index in [0.717, 1.165) is 17.1 Å². The summed E-state index contributed by atoms with van der Waals surface area (Å²) in [6, 6.07) is 15.8. The highest BCUT2D eigenvalue weighted by molar-refractivity contribution is 5.83. The van der Waals surface area contributed by atoms with Crippen LogP contribution < -0.4 is 10.6 Å². The summed E-state index contributed by atoms with van der Waals surface area (Å²) in [5.41, 5.74) is 2.15. The van der Waals surface area contributed by atoms with Gasteiger partial charge in [-0.05, 0) is 35.7 Å². The maximum absolute atomic E-state index is 5.85. The van der Waals surface area contributed by atoms with Crippen molar-refractivity contribution in [3.63, 3.8) is 0 Å². The fourth-order valence-corrected chi connectivity index (χ4v) is 1.81. The smallest absolute Gasteiger partial charge is 0.136 e. The van der Waals surface area contributed by atoms with Crippen LogP contribution in [0.25, 0.3) is 0 Å². The van der Waals surface area contributed by atoms with Crippen LogP contribution >= 0.6 is 0 Å². The van der Waals surface area contributed by atoms with E-state index in [1.807, 2.05) is 36.4 Å². The Kier molecular flexibility index (Phi) is 4.18. The zero-order valence-corrected chi connectivity index (χ0v) is 11.2. The highest BCUT2D eigenvalue weighted by atomic mass is 16.5. The van der Waals surface area contributed by atoms with Crippen molar-refractivity contribution in [2.75, 3.05) is 0 Å². The second-order valence-corrected chi connectivity index (χ2v) is 4.64. The minimum atomic E-state index is 0.519. The molecule has 0 aliphatic rings. The maximum atomic E-state index is 5.85. The van der Waals surface area contributed by atoms with Gasteiger partial charge < -0.3 is 10.6 Å². The summed E-state index contributed by atoms with van der Waals surface area (Å²) in [6.07, 6.45) is 1.58. The number of hydrogen-bond acceptors (Lipinski definition) is 3. The Hall–Kier alpha value is -2.29. The average Bonchev–Trinajstić information content (AvgIpc) is 2.42. The Bertz CT molecular complexity index is 559. The topological polar surface area (TPSA) is 47.6 Å². The van der Waals surface area contributed by atoms with E-state index in [-0.39, 0.29) is 0 Å². The Balaban J connectivity index is 2.21. The van der Waals surface area contributed by atoms with Crippen LogP contribution in [0.3, 0.4) is 0 Å². The molecule has 0 fully saturated rings. The van der Waals surface area contributed by atoms with Crippen LogP contribution in [0.15, 0.2) is 53.6 Å². The van der Waals surface area contributed by atoms with Gasteiger partial charge in [0.05, 0.1) is 6.21 Å². The van der Waals surface area contributed by atoms with Gasteiger partial charge in [-0.1, -0.05) is 38.1 Å². The van der Waals surface area contributed by atoms with Gasteiger partial charge in [-0.2, -0.15) is 5.10 Å². The molecule has 0 aromatic heterocycles. The van der Waals surface area contributed by atoms with E-state index in [2.05, 4.69) is 31.1 Å². The van der Waals surface area contributed by atoms with Gasteiger partial charge in [0.2, 0.25) is 0 Å². The molecule has 0 saturated carbocycles. The fourth-order valence-electron chi connectivity index (χ4n) is 1.81. The van der Waals surface area contributed by atoms with E-state index >= 15 is 0 Å². The van der Waals surface area contributed by atoms with Crippen molar-refractivity contribution in [1.29, 1.82) is 0 Å². The van der Waals surface area contributed by atoms with E-state index < -0.39 is 0 Å². The average molecular weight is 254 g/mol. The first-order chi connectivity index (χ1) is 9.20. The molecule has 2 aromatic rings. The van der Waals surface area contributed by atoms with Gasteiger partial charge in [0, 0.05) is 5.56 Å². The number of benzene rings is 2. The molecule has 0 aliphatic heterocycles. The second-order valence-electron chi connectivity index (χ2n) is 4.64. The normalized spacial score (nSPS) is 11.1. The number of para-hydroxylation sites is 1. The molecule has 3 heteroatoms. The molecule has 0 spiro atoms. The molecule has 19 heavy (non-hydrogen) atoms. The van der Waals surface area contributed by atoms with Crippen molar-refractivity contribution in [3.05, 3.63) is 59.7 Å². The van der Waals surface area contributed by atoms with Crippen molar-refractivity contribution in [1.82, 2.24) is 0 Å². The lowest BCUT2D eigenvalue weighted by Crippen LogP contribution is -1.93. The van der Waals surface area contributed by atoms with Crippen molar-refractivity contribution in [2.45, 2.75) is 19.8 Å². The van der Waals surface area contributed by atoms with Crippen LogP contribution in [0.2, 0.25) is 0 Å². The van der Waals surface area contributed by atoms with Gasteiger partial charge in [0.25, 0.3) is 0 Å². The number of nitrogens with zero attached hydrogens (tertiary/aromatic N) is 1. The number of hydrogen-bond donors (Lipinski definition) is 1. The van der Waals surface area contributed by atoms with Gasteiger partial charge in [-0.15, -0.1) is 0 Å². The van der Waals surface area contributed by atoms with Crippen molar-refractivity contribution in [3.8, 4) is 11.5 Å². The first-order valence-electron chi connectivity index (χ1n) is 6.31. The summed E-state index contributed by atoms with van der Waals surface area (Å²) >= 11 is 0. The molecule has 0 heterocycles. The second kappa shape index (κ2) is 6.05. The van der Waals surface area contributed by atoms with Crippen LogP contribution in [0.4, 0.5) is 0 Å².